The Balaban J connectivity index is 2.01. The van der Waals surface area contributed by atoms with Crippen molar-refractivity contribution in [2.45, 2.75) is 31.7 Å². The van der Waals surface area contributed by atoms with Crippen molar-refractivity contribution in [1.82, 2.24) is 24.1 Å². The van der Waals surface area contributed by atoms with E-state index >= 15 is 0 Å². The van der Waals surface area contributed by atoms with Crippen LogP contribution in [-0.4, -0.2) is 39.0 Å². The summed E-state index contributed by atoms with van der Waals surface area (Å²) in [6.45, 7) is 4.07. The molecule has 118 valence electrons. The van der Waals surface area contributed by atoms with Gasteiger partial charge in [0, 0.05) is 19.8 Å². The molecule has 0 atom stereocenters. The van der Waals surface area contributed by atoms with E-state index in [4.69, 9.17) is 5.73 Å². The number of hydrogen-bond donors (Lipinski definition) is 1. The van der Waals surface area contributed by atoms with Crippen LogP contribution < -0.4 is 5.73 Å². The number of sulfonamides is 1. The van der Waals surface area contributed by atoms with Crippen LogP contribution in [0, 0.1) is 13.8 Å². The molecule has 0 saturated carbocycles. The summed E-state index contributed by atoms with van der Waals surface area (Å²) in [5, 5.41) is 4.20. The lowest BCUT2D eigenvalue weighted by Crippen LogP contribution is -2.37. The molecule has 3 heterocycles. The van der Waals surface area contributed by atoms with Gasteiger partial charge >= 0.3 is 0 Å². The lowest BCUT2D eigenvalue weighted by atomic mass is 10.1. The summed E-state index contributed by atoms with van der Waals surface area (Å²) < 4.78 is 28.9. The lowest BCUT2D eigenvalue weighted by Gasteiger charge is -2.27. The van der Waals surface area contributed by atoms with Crippen molar-refractivity contribution in [1.29, 1.82) is 0 Å². The zero-order chi connectivity index (χ0) is 16.1. The van der Waals surface area contributed by atoms with E-state index < -0.39 is 10.0 Å². The largest absolute Gasteiger partial charge is 0.368 e. The topological polar surface area (TPSA) is 107 Å². The summed E-state index contributed by atoms with van der Waals surface area (Å²) in [5.74, 6) is 0.159. The van der Waals surface area contributed by atoms with Gasteiger partial charge in [0.2, 0.25) is 16.0 Å². The molecule has 0 unspecified atom stereocenters. The van der Waals surface area contributed by atoms with Gasteiger partial charge in [-0.3, -0.25) is 4.68 Å². The standard InChI is InChI=1S/C13H18N6O2S/c1-8-12(9(2)18(3)17-8)22(20,21)19-5-4-10-6-15-13(14)16-11(10)7-19/h6H,4-5,7H2,1-3H3,(H2,14,15,16). The molecule has 22 heavy (non-hydrogen) atoms. The van der Waals surface area contributed by atoms with Crippen molar-refractivity contribution >= 4 is 16.0 Å². The second-order valence-electron chi connectivity index (χ2n) is 5.41. The van der Waals surface area contributed by atoms with E-state index in [0.717, 1.165) is 5.56 Å². The van der Waals surface area contributed by atoms with Crippen LogP contribution in [0.2, 0.25) is 0 Å². The van der Waals surface area contributed by atoms with Gasteiger partial charge in [-0.05, 0) is 25.8 Å². The fraction of sp³-hybridized carbons (Fsp3) is 0.462. The van der Waals surface area contributed by atoms with E-state index in [2.05, 4.69) is 15.1 Å². The Morgan fingerprint density at radius 1 is 1.32 bits per heavy atom. The highest BCUT2D eigenvalue weighted by atomic mass is 32.2. The Kier molecular flexibility index (Phi) is 3.41. The first kappa shape index (κ1) is 14.9. The number of nitrogens with two attached hydrogens (primary N) is 1. The summed E-state index contributed by atoms with van der Waals surface area (Å²) in [6.07, 6.45) is 2.25. The molecule has 0 saturated heterocycles. The van der Waals surface area contributed by atoms with Crippen LogP contribution in [0.4, 0.5) is 5.95 Å². The third kappa shape index (κ3) is 2.26. The molecular weight excluding hydrogens is 304 g/mol. The molecule has 1 aliphatic rings. The Labute approximate surface area is 129 Å². The van der Waals surface area contributed by atoms with Crippen LogP contribution in [0.3, 0.4) is 0 Å². The number of nitrogens with zero attached hydrogens (tertiary/aromatic N) is 5. The summed E-state index contributed by atoms with van der Waals surface area (Å²) in [6, 6.07) is 0. The quantitative estimate of drug-likeness (QED) is 0.844. The molecule has 1 aliphatic heterocycles. The van der Waals surface area contributed by atoms with Crippen molar-refractivity contribution in [3.63, 3.8) is 0 Å². The van der Waals surface area contributed by atoms with Crippen LogP contribution in [-0.2, 0) is 30.0 Å². The van der Waals surface area contributed by atoms with Gasteiger partial charge in [0.1, 0.15) is 4.90 Å². The number of anilines is 1. The highest BCUT2D eigenvalue weighted by Gasteiger charge is 2.33. The number of rotatable bonds is 2. The maximum Gasteiger partial charge on any atom is 0.247 e. The van der Waals surface area contributed by atoms with Gasteiger partial charge in [-0.1, -0.05) is 0 Å². The molecule has 0 bridgehead atoms. The minimum atomic E-state index is -3.61. The van der Waals surface area contributed by atoms with E-state index in [9.17, 15) is 8.42 Å². The second-order valence-corrected chi connectivity index (χ2v) is 7.29. The first-order chi connectivity index (χ1) is 10.3. The van der Waals surface area contributed by atoms with E-state index in [0.29, 0.717) is 30.0 Å². The van der Waals surface area contributed by atoms with E-state index in [1.807, 2.05) is 0 Å². The molecule has 8 nitrogen and oxygen atoms in total. The normalized spacial score (nSPS) is 15.8. The van der Waals surface area contributed by atoms with Crippen molar-refractivity contribution in [2.75, 3.05) is 12.3 Å². The van der Waals surface area contributed by atoms with Crippen molar-refractivity contribution in [3.05, 3.63) is 28.8 Å². The van der Waals surface area contributed by atoms with Gasteiger partial charge in [-0.2, -0.15) is 9.40 Å². The van der Waals surface area contributed by atoms with E-state index in [1.165, 1.54) is 4.31 Å². The van der Waals surface area contributed by atoms with Gasteiger partial charge < -0.3 is 5.73 Å². The summed E-state index contributed by atoms with van der Waals surface area (Å²) in [7, 11) is -1.87. The van der Waals surface area contributed by atoms with Crippen LogP contribution in [0.1, 0.15) is 22.6 Å². The highest BCUT2D eigenvalue weighted by molar-refractivity contribution is 7.89. The molecule has 0 aromatic carbocycles. The number of fused-ring (bicyclic) bond motifs is 1. The van der Waals surface area contributed by atoms with Crippen LogP contribution >= 0.6 is 0 Å². The van der Waals surface area contributed by atoms with Crippen LogP contribution in [0.15, 0.2) is 11.1 Å². The molecule has 3 rings (SSSR count). The summed E-state index contributed by atoms with van der Waals surface area (Å²) in [5.41, 5.74) is 8.35. The Morgan fingerprint density at radius 3 is 2.68 bits per heavy atom. The average molecular weight is 322 g/mol. The number of hydrogen-bond acceptors (Lipinski definition) is 6. The predicted octanol–water partition coefficient (Wildman–Crippen LogP) is 0.156. The number of nitrogen functional groups attached to an aromatic ring is 1. The third-order valence-corrected chi connectivity index (χ3v) is 6.07. The molecule has 2 N–H and O–H groups in total. The Hall–Kier alpha value is -2.00. The Bertz CT molecular complexity index is 842. The first-order valence-electron chi connectivity index (χ1n) is 6.91. The van der Waals surface area contributed by atoms with Crippen LogP contribution in [0.5, 0.6) is 0 Å². The van der Waals surface area contributed by atoms with Crippen molar-refractivity contribution in [3.8, 4) is 0 Å². The van der Waals surface area contributed by atoms with Crippen molar-refractivity contribution < 1.29 is 8.42 Å². The number of aryl methyl sites for hydroxylation is 2. The molecule has 0 amide bonds. The first-order valence-corrected chi connectivity index (χ1v) is 8.35. The van der Waals surface area contributed by atoms with Gasteiger partial charge in [0.05, 0.1) is 23.6 Å². The van der Waals surface area contributed by atoms with Crippen LogP contribution in [0.25, 0.3) is 0 Å². The minimum Gasteiger partial charge on any atom is -0.368 e. The monoisotopic (exact) mass is 322 g/mol. The summed E-state index contributed by atoms with van der Waals surface area (Å²) >= 11 is 0. The van der Waals surface area contributed by atoms with E-state index in [-0.39, 0.29) is 17.4 Å². The molecule has 2 aromatic heterocycles. The lowest BCUT2D eigenvalue weighted by molar-refractivity contribution is 0.384. The SMILES string of the molecule is Cc1nn(C)c(C)c1S(=O)(=O)N1CCc2cnc(N)nc2C1. The maximum absolute atomic E-state index is 12.9. The molecule has 2 aromatic rings. The van der Waals surface area contributed by atoms with Gasteiger partial charge in [0.25, 0.3) is 0 Å². The summed E-state index contributed by atoms with van der Waals surface area (Å²) in [4.78, 5) is 8.39. The predicted molar refractivity (Wildman–Crippen MR) is 80.4 cm³/mol. The highest BCUT2D eigenvalue weighted by Crippen LogP contribution is 2.27. The molecule has 9 heteroatoms. The fourth-order valence-electron chi connectivity index (χ4n) is 2.76. The van der Waals surface area contributed by atoms with E-state index in [1.54, 1.807) is 31.8 Å². The zero-order valence-electron chi connectivity index (χ0n) is 12.7. The molecular formula is C13H18N6O2S. The molecule has 0 radical (unpaired) electrons. The second kappa shape index (κ2) is 5.03. The maximum atomic E-state index is 12.9. The Morgan fingerprint density at radius 2 is 2.05 bits per heavy atom. The minimum absolute atomic E-state index is 0.159. The smallest absolute Gasteiger partial charge is 0.247 e. The van der Waals surface area contributed by atoms with Gasteiger partial charge in [0.15, 0.2) is 0 Å². The number of aromatic nitrogens is 4. The molecule has 0 spiro atoms. The fourth-order valence-corrected chi connectivity index (χ4v) is 4.56. The van der Waals surface area contributed by atoms with Gasteiger partial charge in [-0.25, -0.2) is 18.4 Å². The zero-order valence-corrected chi connectivity index (χ0v) is 13.6. The third-order valence-electron chi connectivity index (χ3n) is 3.97. The average Bonchev–Trinajstić information content (AvgIpc) is 2.71. The molecule has 0 aliphatic carbocycles. The molecule has 0 fully saturated rings. The van der Waals surface area contributed by atoms with Gasteiger partial charge in [-0.15, -0.1) is 0 Å². The van der Waals surface area contributed by atoms with Crippen molar-refractivity contribution in [2.24, 2.45) is 7.05 Å².